The summed E-state index contributed by atoms with van der Waals surface area (Å²) in [6.07, 6.45) is 9.43. The second-order valence-electron chi connectivity index (χ2n) is 14.0. The monoisotopic (exact) mass is 700 g/mol. The van der Waals surface area contributed by atoms with Crippen LogP contribution in [-0.2, 0) is 20.0 Å². The van der Waals surface area contributed by atoms with E-state index in [1.54, 1.807) is 22.3 Å². The van der Waals surface area contributed by atoms with Crippen molar-refractivity contribution in [2.45, 2.75) is 63.7 Å². The summed E-state index contributed by atoms with van der Waals surface area (Å²) in [6.45, 7) is 9.14. The van der Waals surface area contributed by atoms with Crippen molar-refractivity contribution in [1.29, 1.82) is 0 Å². The van der Waals surface area contributed by atoms with Crippen molar-refractivity contribution in [2.24, 2.45) is 5.41 Å². The van der Waals surface area contributed by atoms with E-state index >= 15 is 0 Å². The molecule has 0 aromatic heterocycles. The molecule has 1 spiro atoms. The Kier molecular flexibility index (Phi) is 5.60. The van der Waals surface area contributed by atoms with Crippen molar-refractivity contribution < 1.29 is 20.0 Å². The van der Waals surface area contributed by atoms with Crippen LogP contribution in [0.1, 0.15) is 71.1 Å². The van der Waals surface area contributed by atoms with Crippen LogP contribution in [0.25, 0.3) is 34.4 Å². The number of hydrogen-bond acceptors (Lipinski definition) is 0. The molecule has 41 heavy (non-hydrogen) atoms. The molecule has 4 aromatic rings. The van der Waals surface area contributed by atoms with E-state index in [1.165, 1.54) is 74.9 Å². The van der Waals surface area contributed by atoms with Gasteiger partial charge in [-0.2, -0.15) is 0 Å². The van der Waals surface area contributed by atoms with Gasteiger partial charge < -0.3 is 0 Å². The molecule has 1 aliphatic heterocycles. The Hall–Kier alpha value is -2.77. The Bertz CT molecular complexity index is 1670. The summed E-state index contributed by atoms with van der Waals surface area (Å²) in [6, 6.07) is 28.1. The number of benzene rings is 4. The van der Waals surface area contributed by atoms with Gasteiger partial charge in [-0.05, 0) is 0 Å². The Balaban J connectivity index is 1.36. The van der Waals surface area contributed by atoms with Crippen LogP contribution in [0.2, 0.25) is 9.36 Å². The number of rotatable bonds is 2. The molecule has 0 bridgehead atoms. The zero-order valence-electron chi connectivity index (χ0n) is 25.4. The normalized spacial score (nSPS) is 22.3. The van der Waals surface area contributed by atoms with E-state index < -0.39 is 20.0 Å². The van der Waals surface area contributed by atoms with E-state index in [1.807, 2.05) is 0 Å². The van der Waals surface area contributed by atoms with Crippen molar-refractivity contribution >= 4 is 12.2 Å². The molecule has 4 aromatic carbocycles. The van der Waals surface area contributed by atoms with Gasteiger partial charge >= 0.3 is 252 Å². The standard InChI is InChI=1S/C38H34.2CH3.Hf/c1-24-10-5-11-25(2)36(24)32-16-7-14-28-20-30(22-34(28)32)38(18-9-19-38)31-21-29-15-8-17-33(35(29)23-31)37-26(3)12-6-13-27(37)4;;;/h5-8,10-17,20-23H,9,18-19H2,1-4H3;2*1H3;. The molecule has 1 saturated heterocycles. The first-order valence-electron chi connectivity index (χ1n) is 15.6. The SMILES string of the molecule is Cc1cccc(C)c1-c1cccc2c1C=C1[CH]2[Hf]([CH3])([CH3])[CH]2C(=Cc3c(-c4c(C)cccc4C)cccc32)C12CCC2. The molecule has 4 aliphatic rings. The minimum absolute atomic E-state index is 0.249. The quantitative estimate of drug-likeness (QED) is 0.183. The average molecular weight is 699 g/mol. The van der Waals surface area contributed by atoms with E-state index in [9.17, 15) is 0 Å². The van der Waals surface area contributed by atoms with Crippen LogP contribution in [-0.4, -0.2) is 0 Å². The first kappa shape index (κ1) is 25.9. The molecule has 2 fully saturated rings. The van der Waals surface area contributed by atoms with Gasteiger partial charge in [-0.15, -0.1) is 0 Å². The van der Waals surface area contributed by atoms with Gasteiger partial charge in [0.15, 0.2) is 0 Å². The summed E-state index contributed by atoms with van der Waals surface area (Å²) < 4.78 is 6.91. The maximum atomic E-state index is 2.79. The zero-order valence-corrected chi connectivity index (χ0v) is 29.0. The average Bonchev–Trinajstić information content (AvgIpc) is 3.49. The number of allylic oxidation sites excluding steroid dienone is 2. The van der Waals surface area contributed by atoms with Crippen LogP contribution in [0.3, 0.4) is 0 Å². The van der Waals surface area contributed by atoms with Gasteiger partial charge in [-0.1, -0.05) is 0 Å². The van der Waals surface area contributed by atoms with Crippen molar-refractivity contribution in [3.8, 4) is 22.3 Å². The first-order valence-corrected chi connectivity index (χ1v) is 26.9. The van der Waals surface area contributed by atoms with Gasteiger partial charge in [0.25, 0.3) is 0 Å². The fraction of sp³-hybridized carbons (Fsp3) is 0.300. The summed E-state index contributed by atoms with van der Waals surface area (Å²) in [5, 5.41) is 0. The second kappa shape index (κ2) is 8.87. The summed E-state index contributed by atoms with van der Waals surface area (Å²) in [5.41, 5.74) is 21.6. The summed E-state index contributed by atoms with van der Waals surface area (Å²) in [5.74, 6) is 0. The molecule has 1 saturated carbocycles. The van der Waals surface area contributed by atoms with Crippen LogP contribution in [0, 0.1) is 33.1 Å². The fourth-order valence-corrected chi connectivity index (χ4v) is 26.7. The summed E-state index contributed by atoms with van der Waals surface area (Å²) in [4.78, 5) is 0. The molecular weight excluding hydrogens is 659 g/mol. The van der Waals surface area contributed by atoms with Crippen molar-refractivity contribution in [3.05, 3.63) is 128 Å². The first-order chi connectivity index (χ1) is 19.7. The summed E-state index contributed by atoms with van der Waals surface area (Å²) in [7, 11) is 0. The van der Waals surface area contributed by atoms with E-state index in [0.717, 1.165) is 0 Å². The third kappa shape index (κ3) is 3.36. The molecule has 1 heteroatoms. The molecular formula is C40H40Hf. The van der Waals surface area contributed by atoms with Crippen LogP contribution in [0.4, 0.5) is 0 Å². The molecule has 204 valence electrons. The Labute approximate surface area is 250 Å². The molecule has 0 N–H and O–H groups in total. The predicted octanol–water partition coefficient (Wildman–Crippen LogP) is 11.3. The van der Waals surface area contributed by atoms with Crippen molar-refractivity contribution in [1.82, 2.24) is 0 Å². The molecule has 0 nitrogen and oxygen atoms in total. The number of aryl methyl sites for hydroxylation is 4. The van der Waals surface area contributed by atoms with Crippen molar-refractivity contribution in [2.75, 3.05) is 0 Å². The number of fused-ring (bicyclic) bond motifs is 8. The van der Waals surface area contributed by atoms with Crippen LogP contribution < -0.4 is 0 Å². The van der Waals surface area contributed by atoms with E-state index in [0.29, 0.717) is 7.35 Å². The van der Waals surface area contributed by atoms with Gasteiger partial charge in [0.05, 0.1) is 0 Å². The summed E-state index contributed by atoms with van der Waals surface area (Å²) >= 11 is -3.03. The van der Waals surface area contributed by atoms with Gasteiger partial charge in [0, 0.05) is 0 Å². The van der Waals surface area contributed by atoms with Crippen LogP contribution >= 0.6 is 0 Å². The number of hydrogen-bond donors (Lipinski definition) is 0. The molecule has 8 rings (SSSR count). The minimum atomic E-state index is -3.03. The molecule has 3 aliphatic carbocycles. The predicted molar refractivity (Wildman–Crippen MR) is 172 cm³/mol. The Morgan fingerprint density at radius 2 is 0.951 bits per heavy atom. The maximum absolute atomic E-state index is 3.03. The van der Waals surface area contributed by atoms with E-state index in [-0.39, 0.29) is 5.41 Å². The molecule has 1 heterocycles. The fourth-order valence-electron chi connectivity index (χ4n) is 9.59. The van der Waals surface area contributed by atoms with Crippen molar-refractivity contribution in [3.63, 3.8) is 0 Å². The van der Waals surface area contributed by atoms with E-state index in [4.69, 9.17) is 0 Å². The molecule has 2 atom stereocenters. The third-order valence-corrected chi connectivity index (χ3v) is 26.6. The Morgan fingerprint density at radius 3 is 1.32 bits per heavy atom. The van der Waals surface area contributed by atoms with Gasteiger partial charge in [-0.25, -0.2) is 0 Å². The molecule has 2 unspecified atom stereocenters. The van der Waals surface area contributed by atoms with Gasteiger partial charge in [-0.3, -0.25) is 0 Å². The van der Waals surface area contributed by atoms with Crippen LogP contribution in [0.5, 0.6) is 0 Å². The molecule has 0 amide bonds. The zero-order chi connectivity index (χ0) is 28.3. The molecule has 0 radical (unpaired) electrons. The van der Waals surface area contributed by atoms with Crippen LogP contribution in [0.15, 0.2) is 83.9 Å². The third-order valence-electron chi connectivity index (χ3n) is 11.4. The second-order valence-corrected chi connectivity index (χ2v) is 31.2. The topological polar surface area (TPSA) is 0 Å². The van der Waals surface area contributed by atoms with Gasteiger partial charge in [0.1, 0.15) is 0 Å². The Morgan fingerprint density at radius 1 is 0.561 bits per heavy atom. The van der Waals surface area contributed by atoms with E-state index in [2.05, 4.69) is 122 Å². The van der Waals surface area contributed by atoms with Gasteiger partial charge in [0.2, 0.25) is 0 Å².